The van der Waals surface area contributed by atoms with E-state index >= 15 is 0 Å². The van der Waals surface area contributed by atoms with E-state index in [1.807, 2.05) is 0 Å². The Labute approximate surface area is 126 Å². The van der Waals surface area contributed by atoms with Crippen molar-refractivity contribution < 1.29 is 14.7 Å². The number of urea groups is 1. The van der Waals surface area contributed by atoms with Gasteiger partial charge in [-0.3, -0.25) is 9.69 Å². The van der Waals surface area contributed by atoms with Gasteiger partial charge in [-0.15, -0.1) is 0 Å². The second kappa shape index (κ2) is 5.48. The average Bonchev–Trinajstić information content (AvgIpc) is 2.93. The van der Waals surface area contributed by atoms with Gasteiger partial charge >= 0.3 is 12.0 Å². The molecule has 0 spiro atoms. The SMILES string of the molecule is CC(C)(NC(=O)NC1CCN2CCCC12)C(C)(C)C(=O)O. The van der Waals surface area contributed by atoms with Crippen LogP contribution in [0.1, 0.15) is 47.0 Å². The van der Waals surface area contributed by atoms with E-state index in [1.165, 1.54) is 6.42 Å². The number of hydrogen-bond donors (Lipinski definition) is 3. The summed E-state index contributed by atoms with van der Waals surface area (Å²) in [6, 6.07) is 0.357. The summed E-state index contributed by atoms with van der Waals surface area (Å²) in [5.41, 5.74) is -1.88. The van der Waals surface area contributed by atoms with Crippen LogP contribution in [0.2, 0.25) is 0 Å². The molecule has 2 atom stereocenters. The summed E-state index contributed by atoms with van der Waals surface area (Å²) in [4.78, 5) is 26.0. The van der Waals surface area contributed by atoms with Crippen molar-refractivity contribution in [2.75, 3.05) is 13.1 Å². The van der Waals surface area contributed by atoms with E-state index in [9.17, 15) is 14.7 Å². The van der Waals surface area contributed by atoms with E-state index in [4.69, 9.17) is 0 Å². The van der Waals surface area contributed by atoms with Crippen molar-refractivity contribution in [1.82, 2.24) is 15.5 Å². The van der Waals surface area contributed by atoms with Crippen molar-refractivity contribution in [3.63, 3.8) is 0 Å². The van der Waals surface area contributed by atoms with E-state index in [2.05, 4.69) is 15.5 Å². The molecule has 21 heavy (non-hydrogen) atoms. The van der Waals surface area contributed by atoms with Crippen molar-refractivity contribution in [1.29, 1.82) is 0 Å². The quantitative estimate of drug-likeness (QED) is 0.733. The Morgan fingerprint density at radius 3 is 2.43 bits per heavy atom. The van der Waals surface area contributed by atoms with Gasteiger partial charge in [0.25, 0.3) is 0 Å². The van der Waals surface area contributed by atoms with Gasteiger partial charge in [-0.2, -0.15) is 0 Å². The minimum atomic E-state index is -1.04. The summed E-state index contributed by atoms with van der Waals surface area (Å²) < 4.78 is 0. The zero-order valence-electron chi connectivity index (χ0n) is 13.4. The maximum absolute atomic E-state index is 12.2. The van der Waals surface area contributed by atoms with Crippen LogP contribution in [0.5, 0.6) is 0 Å². The van der Waals surface area contributed by atoms with Crippen molar-refractivity contribution in [2.24, 2.45) is 5.41 Å². The molecule has 2 heterocycles. The van der Waals surface area contributed by atoms with Crippen LogP contribution in [0.25, 0.3) is 0 Å². The summed E-state index contributed by atoms with van der Waals surface area (Å²) in [6.07, 6.45) is 3.30. The Hall–Kier alpha value is -1.30. The largest absolute Gasteiger partial charge is 0.481 e. The lowest BCUT2D eigenvalue weighted by molar-refractivity contribution is -0.150. The molecule has 2 aliphatic rings. The number of fused-ring (bicyclic) bond motifs is 1. The summed E-state index contributed by atoms with van der Waals surface area (Å²) in [5.74, 6) is -0.921. The van der Waals surface area contributed by atoms with Crippen LogP contribution in [0, 0.1) is 5.41 Å². The number of nitrogens with zero attached hydrogens (tertiary/aromatic N) is 1. The molecular formula is C15H27N3O3. The molecule has 2 fully saturated rings. The van der Waals surface area contributed by atoms with Gasteiger partial charge < -0.3 is 15.7 Å². The Bertz CT molecular complexity index is 434. The molecule has 6 nitrogen and oxygen atoms in total. The first kappa shape index (κ1) is 16.1. The molecule has 2 saturated heterocycles. The third-order valence-electron chi connectivity index (χ3n) is 5.45. The number of amides is 2. The fourth-order valence-corrected chi connectivity index (χ4v) is 3.16. The maximum Gasteiger partial charge on any atom is 0.315 e. The normalized spacial score (nSPS) is 26.5. The zero-order valence-corrected chi connectivity index (χ0v) is 13.4. The van der Waals surface area contributed by atoms with Crippen molar-refractivity contribution in [3.8, 4) is 0 Å². The smallest absolute Gasteiger partial charge is 0.315 e. The lowest BCUT2D eigenvalue weighted by atomic mass is 9.74. The van der Waals surface area contributed by atoms with Gasteiger partial charge in [-0.1, -0.05) is 0 Å². The van der Waals surface area contributed by atoms with Gasteiger partial charge in [0.1, 0.15) is 0 Å². The summed E-state index contributed by atoms with van der Waals surface area (Å²) in [5, 5.41) is 15.2. The first-order valence-corrected chi connectivity index (χ1v) is 7.71. The van der Waals surface area contributed by atoms with Crippen LogP contribution < -0.4 is 10.6 Å². The molecule has 2 aliphatic heterocycles. The average molecular weight is 297 g/mol. The number of carbonyl (C=O) groups is 2. The van der Waals surface area contributed by atoms with Gasteiger partial charge in [0, 0.05) is 18.6 Å². The van der Waals surface area contributed by atoms with Gasteiger partial charge in [-0.05, 0) is 53.5 Å². The fourth-order valence-electron chi connectivity index (χ4n) is 3.16. The highest BCUT2D eigenvalue weighted by atomic mass is 16.4. The van der Waals surface area contributed by atoms with Gasteiger partial charge in [0.15, 0.2) is 0 Å². The predicted molar refractivity (Wildman–Crippen MR) is 80.2 cm³/mol. The lowest BCUT2D eigenvalue weighted by Gasteiger charge is -2.39. The minimum absolute atomic E-state index is 0.177. The van der Waals surface area contributed by atoms with Crippen molar-refractivity contribution in [2.45, 2.75) is 64.6 Å². The molecule has 120 valence electrons. The molecule has 0 aromatic carbocycles. The van der Waals surface area contributed by atoms with Crippen LogP contribution in [-0.4, -0.2) is 52.7 Å². The zero-order chi connectivity index (χ0) is 15.8. The summed E-state index contributed by atoms with van der Waals surface area (Å²) >= 11 is 0. The van der Waals surface area contributed by atoms with E-state index < -0.39 is 16.9 Å². The third-order valence-corrected chi connectivity index (χ3v) is 5.45. The van der Waals surface area contributed by atoms with Crippen LogP contribution >= 0.6 is 0 Å². The van der Waals surface area contributed by atoms with Crippen LogP contribution in [0.4, 0.5) is 4.79 Å². The van der Waals surface area contributed by atoms with Gasteiger partial charge in [-0.25, -0.2) is 4.79 Å². The fraction of sp³-hybridized carbons (Fsp3) is 0.867. The molecule has 2 unspecified atom stereocenters. The lowest BCUT2D eigenvalue weighted by Crippen LogP contribution is -2.60. The van der Waals surface area contributed by atoms with Crippen LogP contribution in [-0.2, 0) is 4.79 Å². The molecule has 6 heteroatoms. The third kappa shape index (κ3) is 3.00. The molecule has 3 N–H and O–H groups in total. The van der Waals surface area contributed by atoms with Crippen molar-refractivity contribution in [3.05, 3.63) is 0 Å². The topological polar surface area (TPSA) is 81.7 Å². The van der Waals surface area contributed by atoms with Crippen molar-refractivity contribution >= 4 is 12.0 Å². The van der Waals surface area contributed by atoms with E-state index in [1.54, 1.807) is 27.7 Å². The molecule has 0 saturated carbocycles. The molecular weight excluding hydrogens is 270 g/mol. The van der Waals surface area contributed by atoms with E-state index in [0.29, 0.717) is 6.04 Å². The molecule has 0 bridgehead atoms. The Morgan fingerprint density at radius 2 is 1.81 bits per heavy atom. The molecule has 0 aromatic heterocycles. The molecule has 0 radical (unpaired) electrons. The van der Waals surface area contributed by atoms with Gasteiger partial charge in [0.05, 0.1) is 11.0 Å². The Morgan fingerprint density at radius 1 is 1.14 bits per heavy atom. The van der Waals surface area contributed by atoms with Gasteiger partial charge in [0.2, 0.25) is 0 Å². The minimum Gasteiger partial charge on any atom is -0.481 e. The Balaban J connectivity index is 1.94. The predicted octanol–water partition coefficient (Wildman–Crippen LogP) is 1.41. The number of carboxylic acids is 1. The number of carboxylic acid groups (broad SMARTS) is 1. The van der Waals surface area contributed by atoms with E-state index in [-0.39, 0.29) is 12.1 Å². The molecule has 0 aromatic rings. The molecule has 2 rings (SSSR count). The molecule has 0 aliphatic carbocycles. The highest BCUT2D eigenvalue weighted by molar-refractivity contribution is 5.79. The second-order valence-corrected chi connectivity index (χ2v) is 7.29. The Kier molecular flexibility index (Phi) is 4.19. The maximum atomic E-state index is 12.2. The summed E-state index contributed by atoms with van der Waals surface area (Å²) in [6.45, 7) is 8.92. The van der Waals surface area contributed by atoms with Crippen LogP contribution in [0.3, 0.4) is 0 Å². The standard InChI is InChI=1S/C15H27N3O3/c1-14(2,12(19)20)15(3,4)17-13(21)16-10-7-9-18-8-5-6-11(10)18/h10-11H,5-9H2,1-4H3,(H,19,20)(H2,16,17,21). The van der Waals surface area contributed by atoms with Crippen LogP contribution in [0.15, 0.2) is 0 Å². The number of nitrogens with one attached hydrogen (secondary N) is 2. The highest BCUT2D eigenvalue weighted by Crippen LogP contribution is 2.31. The summed E-state index contributed by atoms with van der Waals surface area (Å²) in [7, 11) is 0. The van der Waals surface area contributed by atoms with E-state index in [0.717, 1.165) is 25.9 Å². The first-order valence-electron chi connectivity index (χ1n) is 7.71. The number of hydrogen-bond acceptors (Lipinski definition) is 3. The number of aliphatic carboxylic acids is 1. The molecule has 2 amide bonds. The monoisotopic (exact) mass is 297 g/mol. The second-order valence-electron chi connectivity index (χ2n) is 7.29. The highest BCUT2D eigenvalue weighted by Gasteiger charge is 2.45. The number of carbonyl (C=O) groups excluding carboxylic acids is 1. The number of rotatable bonds is 4. The first-order chi connectivity index (χ1) is 9.65.